The van der Waals surface area contributed by atoms with Crippen LogP contribution in [0.1, 0.15) is 22.4 Å². The lowest BCUT2D eigenvalue weighted by molar-refractivity contribution is -0.137. The molecule has 0 bridgehead atoms. The number of carbonyl (C=O) groups is 2. The van der Waals surface area contributed by atoms with Gasteiger partial charge >= 0.3 is 0 Å². The summed E-state index contributed by atoms with van der Waals surface area (Å²) in [5.41, 5.74) is 7.01. The molecule has 1 aromatic carbocycles. The first-order chi connectivity index (χ1) is 16.3. The summed E-state index contributed by atoms with van der Waals surface area (Å²) >= 11 is 0. The SMILES string of the molecule is CNC(=O)[C@H]1O[C@@H](n2cnc3c(N)nc(C#CCN(C)C(=O)c4ccccc4)nc32)[C@H](O)[C@@H]1O. The molecule has 0 saturated carbocycles. The molecular weight excluding hydrogens is 442 g/mol. The summed E-state index contributed by atoms with van der Waals surface area (Å²) in [5, 5.41) is 23.0. The lowest BCUT2D eigenvalue weighted by Crippen LogP contribution is -2.41. The number of aliphatic hydroxyl groups excluding tert-OH is 2. The van der Waals surface area contributed by atoms with E-state index in [2.05, 4.69) is 32.1 Å². The zero-order valence-corrected chi connectivity index (χ0v) is 18.4. The molecule has 4 rings (SSSR count). The first-order valence-corrected chi connectivity index (χ1v) is 10.3. The number of nitrogens with two attached hydrogens (primary N) is 1. The fraction of sp³-hybridized carbons (Fsp3) is 0.318. The molecule has 2 amide bonds. The van der Waals surface area contributed by atoms with Gasteiger partial charge in [0.2, 0.25) is 5.82 Å². The number of hydrogen-bond donors (Lipinski definition) is 4. The number of carbonyl (C=O) groups excluding carboxylic acids is 2. The van der Waals surface area contributed by atoms with Crippen LogP contribution in [0.2, 0.25) is 0 Å². The van der Waals surface area contributed by atoms with Crippen molar-refractivity contribution in [1.29, 1.82) is 0 Å². The summed E-state index contributed by atoms with van der Waals surface area (Å²) in [6.45, 7) is 0.124. The summed E-state index contributed by atoms with van der Waals surface area (Å²) in [6.07, 6.45) is -3.93. The molecule has 12 nitrogen and oxygen atoms in total. The highest BCUT2D eigenvalue weighted by Gasteiger charge is 2.47. The molecule has 0 spiro atoms. The number of amides is 2. The van der Waals surface area contributed by atoms with Crippen LogP contribution in [0.5, 0.6) is 0 Å². The number of ether oxygens (including phenoxy) is 1. The van der Waals surface area contributed by atoms with E-state index in [9.17, 15) is 19.8 Å². The van der Waals surface area contributed by atoms with Crippen molar-refractivity contribution >= 4 is 28.8 Å². The van der Waals surface area contributed by atoms with Crippen molar-refractivity contribution in [3.8, 4) is 11.8 Å². The molecule has 0 unspecified atom stereocenters. The summed E-state index contributed by atoms with van der Waals surface area (Å²) in [6, 6.07) is 8.83. The van der Waals surface area contributed by atoms with Gasteiger partial charge in [-0.05, 0) is 18.1 Å². The zero-order chi connectivity index (χ0) is 24.4. The Morgan fingerprint density at radius 2 is 1.97 bits per heavy atom. The smallest absolute Gasteiger partial charge is 0.254 e. The van der Waals surface area contributed by atoms with E-state index in [-0.39, 0.29) is 35.3 Å². The molecule has 1 fully saturated rings. The number of aliphatic hydroxyl groups is 2. The second kappa shape index (κ2) is 9.44. The molecule has 2 aromatic heterocycles. The maximum absolute atomic E-state index is 12.4. The molecule has 1 aliphatic rings. The Morgan fingerprint density at radius 1 is 1.24 bits per heavy atom. The van der Waals surface area contributed by atoms with E-state index < -0.39 is 30.4 Å². The van der Waals surface area contributed by atoms with Gasteiger partial charge in [0.05, 0.1) is 12.9 Å². The molecule has 5 N–H and O–H groups in total. The van der Waals surface area contributed by atoms with Crippen LogP contribution in [0, 0.1) is 11.8 Å². The van der Waals surface area contributed by atoms with Crippen molar-refractivity contribution in [2.24, 2.45) is 0 Å². The van der Waals surface area contributed by atoms with E-state index in [1.54, 1.807) is 31.3 Å². The molecule has 0 aliphatic carbocycles. The van der Waals surface area contributed by atoms with Crippen LogP contribution >= 0.6 is 0 Å². The molecule has 34 heavy (non-hydrogen) atoms. The van der Waals surface area contributed by atoms with Gasteiger partial charge in [-0.1, -0.05) is 24.1 Å². The minimum absolute atomic E-state index is 0.0534. The Kier molecular flexibility index (Phi) is 6.42. The number of fused-ring (bicyclic) bond motifs is 1. The normalized spacial score (nSPS) is 21.6. The van der Waals surface area contributed by atoms with Gasteiger partial charge < -0.3 is 30.9 Å². The number of aromatic nitrogens is 4. The molecule has 3 heterocycles. The van der Waals surface area contributed by atoms with E-state index in [0.717, 1.165) is 0 Å². The molecule has 12 heteroatoms. The fourth-order valence-electron chi connectivity index (χ4n) is 3.54. The monoisotopic (exact) mass is 465 g/mol. The van der Waals surface area contributed by atoms with Crippen molar-refractivity contribution in [1.82, 2.24) is 29.7 Å². The first-order valence-electron chi connectivity index (χ1n) is 10.3. The van der Waals surface area contributed by atoms with Crippen LogP contribution < -0.4 is 11.1 Å². The third-order valence-corrected chi connectivity index (χ3v) is 5.35. The van der Waals surface area contributed by atoms with Gasteiger partial charge in [-0.15, -0.1) is 0 Å². The van der Waals surface area contributed by atoms with Crippen LogP contribution in [0.3, 0.4) is 0 Å². The molecule has 1 aliphatic heterocycles. The number of nitrogens with zero attached hydrogens (tertiary/aromatic N) is 5. The predicted octanol–water partition coefficient (Wildman–Crippen LogP) is -1.10. The number of benzene rings is 1. The van der Waals surface area contributed by atoms with E-state index in [0.29, 0.717) is 5.56 Å². The van der Waals surface area contributed by atoms with Crippen molar-refractivity contribution in [3.63, 3.8) is 0 Å². The first kappa shape index (κ1) is 23.1. The average Bonchev–Trinajstić information content (AvgIpc) is 3.39. The second-order valence-corrected chi connectivity index (χ2v) is 7.63. The van der Waals surface area contributed by atoms with Gasteiger partial charge in [-0.2, -0.15) is 0 Å². The van der Waals surface area contributed by atoms with E-state index >= 15 is 0 Å². The summed E-state index contributed by atoms with van der Waals surface area (Å²) in [5.74, 6) is 4.99. The van der Waals surface area contributed by atoms with Crippen LogP contribution in [0.25, 0.3) is 11.2 Å². The highest BCUT2D eigenvalue weighted by atomic mass is 16.6. The average molecular weight is 465 g/mol. The number of rotatable bonds is 4. The minimum atomic E-state index is -1.45. The Balaban J connectivity index is 1.57. The van der Waals surface area contributed by atoms with Gasteiger partial charge in [0.25, 0.3) is 11.8 Å². The van der Waals surface area contributed by atoms with Gasteiger partial charge in [0.15, 0.2) is 23.8 Å². The van der Waals surface area contributed by atoms with E-state index in [4.69, 9.17) is 10.5 Å². The zero-order valence-electron chi connectivity index (χ0n) is 18.4. The molecule has 176 valence electrons. The molecule has 3 aromatic rings. The molecule has 0 radical (unpaired) electrons. The summed E-state index contributed by atoms with van der Waals surface area (Å²) in [7, 11) is 3.03. The maximum atomic E-state index is 12.4. The number of imidazole rings is 1. The van der Waals surface area contributed by atoms with Gasteiger partial charge in [0, 0.05) is 19.7 Å². The quantitative estimate of drug-likeness (QED) is 0.349. The predicted molar refractivity (Wildman–Crippen MR) is 120 cm³/mol. The maximum Gasteiger partial charge on any atom is 0.254 e. The highest BCUT2D eigenvalue weighted by Crippen LogP contribution is 2.32. The summed E-state index contributed by atoms with van der Waals surface area (Å²) < 4.78 is 6.94. The van der Waals surface area contributed by atoms with E-state index in [1.807, 2.05) is 6.07 Å². The lowest BCUT2D eigenvalue weighted by atomic mass is 10.1. The third kappa shape index (κ3) is 4.27. The molecule has 1 saturated heterocycles. The van der Waals surface area contributed by atoms with Crippen LogP contribution in [-0.2, 0) is 9.53 Å². The van der Waals surface area contributed by atoms with Crippen molar-refractivity contribution in [2.45, 2.75) is 24.5 Å². The Bertz CT molecular complexity index is 1280. The Morgan fingerprint density at radius 3 is 2.68 bits per heavy atom. The van der Waals surface area contributed by atoms with Crippen LogP contribution in [0.4, 0.5) is 5.82 Å². The van der Waals surface area contributed by atoms with Crippen LogP contribution in [-0.4, -0.2) is 85.4 Å². The van der Waals surface area contributed by atoms with Gasteiger partial charge in [0.1, 0.15) is 17.7 Å². The van der Waals surface area contributed by atoms with Crippen molar-refractivity contribution in [3.05, 3.63) is 48.0 Å². The molecule has 4 atom stereocenters. The van der Waals surface area contributed by atoms with Crippen molar-refractivity contribution in [2.75, 3.05) is 26.4 Å². The van der Waals surface area contributed by atoms with E-state index in [1.165, 1.54) is 22.8 Å². The number of nitrogens with one attached hydrogen (secondary N) is 1. The largest absolute Gasteiger partial charge is 0.387 e. The fourth-order valence-corrected chi connectivity index (χ4v) is 3.54. The van der Waals surface area contributed by atoms with Crippen LogP contribution in [0.15, 0.2) is 36.7 Å². The number of anilines is 1. The third-order valence-electron chi connectivity index (χ3n) is 5.35. The number of nitrogen functional groups attached to an aromatic ring is 1. The summed E-state index contributed by atoms with van der Waals surface area (Å²) in [4.78, 5) is 38.5. The molecular formula is C22H23N7O5. The Hall–Kier alpha value is -4.05. The minimum Gasteiger partial charge on any atom is -0.387 e. The van der Waals surface area contributed by atoms with Gasteiger partial charge in [-0.25, -0.2) is 15.0 Å². The topological polar surface area (TPSA) is 169 Å². The Labute approximate surface area is 194 Å². The lowest BCUT2D eigenvalue weighted by Gasteiger charge is -2.16. The number of likely N-dealkylation sites (N-methyl/N-ethyl adjacent to an activating group) is 1. The second-order valence-electron chi connectivity index (χ2n) is 7.63. The van der Waals surface area contributed by atoms with Crippen molar-refractivity contribution < 1.29 is 24.5 Å². The standard InChI is InChI=1S/C22H23N7O5/c1-24-20(32)17-15(30)16(31)22(34-17)29-11-25-14-18(23)26-13(27-19(14)29)9-6-10-28(2)21(33)12-7-4-3-5-8-12/h3-5,7-8,11,15-17,22,30-31H,10H2,1-2H3,(H,24,32)(H2,23,26,27)/t15-,16+,17-,22+/m0/s1. The highest BCUT2D eigenvalue weighted by molar-refractivity contribution is 5.94. The number of hydrogen-bond acceptors (Lipinski definition) is 9. The van der Waals surface area contributed by atoms with Gasteiger partial charge in [-0.3, -0.25) is 14.2 Å².